The van der Waals surface area contributed by atoms with E-state index in [2.05, 4.69) is 15.7 Å². The summed E-state index contributed by atoms with van der Waals surface area (Å²) in [6.45, 7) is 4.08. The van der Waals surface area contributed by atoms with Gasteiger partial charge in [0.05, 0.1) is 0 Å². The first-order valence-electron chi connectivity index (χ1n) is 9.46. The van der Waals surface area contributed by atoms with E-state index in [1.807, 2.05) is 6.92 Å². The van der Waals surface area contributed by atoms with E-state index in [1.54, 1.807) is 31.2 Å². The van der Waals surface area contributed by atoms with Crippen molar-refractivity contribution in [2.75, 3.05) is 11.9 Å². The summed E-state index contributed by atoms with van der Waals surface area (Å²) < 4.78 is 15.4. The molecule has 0 aliphatic carbocycles. The van der Waals surface area contributed by atoms with Gasteiger partial charge in [-0.25, -0.2) is 9.07 Å². The van der Waals surface area contributed by atoms with Crippen LogP contribution in [0.2, 0.25) is 0 Å². The highest BCUT2D eigenvalue weighted by atomic mass is 19.1. The van der Waals surface area contributed by atoms with E-state index >= 15 is 0 Å². The molecule has 0 spiro atoms. The van der Waals surface area contributed by atoms with Gasteiger partial charge in [0.1, 0.15) is 11.5 Å². The van der Waals surface area contributed by atoms with Crippen LogP contribution >= 0.6 is 0 Å². The number of nitrogens with one attached hydrogen (secondary N) is 2. The fourth-order valence-corrected chi connectivity index (χ4v) is 2.84. The fraction of sp³-hybridized carbons (Fsp3) is 0.182. The molecule has 0 aliphatic rings. The van der Waals surface area contributed by atoms with Gasteiger partial charge >= 0.3 is 0 Å². The molecule has 2 amide bonds. The highest BCUT2D eigenvalue weighted by Gasteiger charge is 2.17. The molecule has 2 aromatic carbocycles. The molecule has 0 radical (unpaired) electrons. The maximum atomic E-state index is 14.2. The van der Waals surface area contributed by atoms with Crippen LogP contribution in [-0.2, 0) is 0 Å². The van der Waals surface area contributed by atoms with Gasteiger partial charge in [-0.1, -0.05) is 25.1 Å². The molecule has 0 saturated carbocycles. The van der Waals surface area contributed by atoms with Crippen LogP contribution in [0.1, 0.15) is 39.9 Å². The van der Waals surface area contributed by atoms with Crippen molar-refractivity contribution in [3.8, 4) is 5.69 Å². The van der Waals surface area contributed by atoms with Gasteiger partial charge < -0.3 is 10.6 Å². The van der Waals surface area contributed by atoms with Crippen LogP contribution in [0.25, 0.3) is 5.69 Å². The van der Waals surface area contributed by atoms with Crippen molar-refractivity contribution in [1.82, 2.24) is 15.1 Å². The van der Waals surface area contributed by atoms with Crippen LogP contribution < -0.4 is 16.1 Å². The topological polar surface area (TPSA) is 93.1 Å². The van der Waals surface area contributed by atoms with E-state index < -0.39 is 17.2 Å². The normalized spacial score (nSPS) is 10.5. The van der Waals surface area contributed by atoms with Crippen LogP contribution in [0.5, 0.6) is 0 Å². The second-order valence-corrected chi connectivity index (χ2v) is 6.65. The standard InChI is InChI=1S/C22H21FN4O3/c1-3-11-24-21(29)15-7-6-8-16(13-15)25-22(30)20-19(28)12-14(2)27(26-20)18-10-5-4-9-17(18)23/h4-10,12-13H,3,11H2,1-2H3,(H,24,29)(H,25,30). The zero-order chi connectivity index (χ0) is 21.7. The molecule has 154 valence electrons. The molecule has 7 nitrogen and oxygen atoms in total. The molecular weight excluding hydrogens is 387 g/mol. The van der Waals surface area contributed by atoms with Gasteiger partial charge in [0, 0.05) is 29.6 Å². The van der Waals surface area contributed by atoms with E-state index in [0.717, 1.165) is 6.42 Å². The van der Waals surface area contributed by atoms with E-state index in [9.17, 15) is 18.8 Å². The van der Waals surface area contributed by atoms with Gasteiger partial charge in [-0.3, -0.25) is 14.4 Å². The Hall–Kier alpha value is -3.81. The molecule has 0 unspecified atom stereocenters. The van der Waals surface area contributed by atoms with Gasteiger partial charge in [-0.2, -0.15) is 5.10 Å². The van der Waals surface area contributed by atoms with Crippen molar-refractivity contribution in [3.63, 3.8) is 0 Å². The largest absolute Gasteiger partial charge is 0.352 e. The fourth-order valence-electron chi connectivity index (χ4n) is 2.84. The minimum atomic E-state index is -0.754. The molecular formula is C22H21FN4O3. The smallest absolute Gasteiger partial charge is 0.280 e. The van der Waals surface area contributed by atoms with E-state index in [0.29, 0.717) is 23.5 Å². The third-order valence-electron chi connectivity index (χ3n) is 4.32. The van der Waals surface area contributed by atoms with Crippen molar-refractivity contribution < 1.29 is 14.0 Å². The molecule has 8 heteroatoms. The Morgan fingerprint density at radius 1 is 1.07 bits per heavy atom. The minimum absolute atomic E-state index is 0.124. The summed E-state index contributed by atoms with van der Waals surface area (Å²) in [6, 6.07) is 13.5. The molecule has 1 heterocycles. The van der Waals surface area contributed by atoms with Gasteiger partial charge in [-0.05, 0) is 43.7 Å². The molecule has 2 N–H and O–H groups in total. The molecule has 3 aromatic rings. The lowest BCUT2D eigenvalue weighted by molar-refractivity contribution is 0.0952. The number of amides is 2. The Bertz CT molecular complexity index is 1160. The van der Waals surface area contributed by atoms with E-state index in [-0.39, 0.29) is 17.3 Å². The number of carbonyl (C=O) groups is 2. The first-order chi connectivity index (χ1) is 14.4. The Kier molecular flexibility index (Phi) is 6.36. The predicted molar refractivity (Wildman–Crippen MR) is 112 cm³/mol. The first-order valence-corrected chi connectivity index (χ1v) is 9.46. The van der Waals surface area contributed by atoms with Crippen LogP contribution in [0.3, 0.4) is 0 Å². The molecule has 0 fully saturated rings. The van der Waals surface area contributed by atoms with Crippen molar-refractivity contribution in [2.24, 2.45) is 0 Å². The van der Waals surface area contributed by atoms with E-state index in [1.165, 1.54) is 35.0 Å². The van der Waals surface area contributed by atoms with Crippen molar-refractivity contribution >= 4 is 17.5 Å². The number of para-hydroxylation sites is 1. The number of carbonyl (C=O) groups excluding carboxylic acids is 2. The van der Waals surface area contributed by atoms with Crippen LogP contribution in [0, 0.1) is 12.7 Å². The summed E-state index contributed by atoms with van der Waals surface area (Å²) in [5.41, 5.74) is 0.249. The summed E-state index contributed by atoms with van der Waals surface area (Å²) in [7, 11) is 0. The number of hydrogen-bond donors (Lipinski definition) is 2. The quantitative estimate of drug-likeness (QED) is 0.656. The van der Waals surface area contributed by atoms with Crippen molar-refractivity contribution in [1.29, 1.82) is 0 Å². The summed E-state index contributed by atoms with van der Waals surface area (Å²) in [6.07, 6.45) is 0.801. The zero-order valence-electron chi connectivity index (χ0n) is 16.6. The molecule has 0 saturated heterocycles. The lowest BCUT2D eigenvalue weighted by atomic mass is 10.2. The number of aryl methyl sites for hydroxylation is 1. The molecule has 0 bridgehead atoms. The second-order valence-electron chi connectivity index (χ2n) is 6.65. The summed E-state index contributed by atoms with van der Waals surface area (Å²) in [4.78, 5) is 37.1. The molecule has 1 aromatic heterocycles. The third kappa shape index (κ3) is 4.60. The predicted octanol–water partition coefficient (Wildman–Crippen LogP) is 3.07. The number of hydrogen-bond acceptors (Lipinski definition) is 4. The lowest BCUT2D eigenvalue weighted by Gasteiger charge is -2.12. The molecule has 3 rings (SSSR count). The number of halogens is 1. The Balaban J connectivity index is 1.89. The number of anilines is 1. The summed E-state index contributed by atoms with van der Waals surface area (Å²) >= 11 is 0. The van der Waals surface area contributed by atoms with Crippen LogP contribution in [0.4, 0.5) is 10.1 Å². The number of nitrogens with zero attached hydrogens (tertiary/aromatic N) is 2. The first kappa shape index (κ1) is 20.9. The summed E-state index contributed by atoms with van der Waals surface area (Å²) in [5, 5.41) is 9.40. The Morgan fingerprint density at radius 2 is 1.83 bits per heavy atom. The highest BCUT2D eigenvalue weighted by Crippen LogP contribution is 2.14. The number of rotatable bonds is 6. The average Bonchev–Trinajstić information content (AvgIpc) is 2.73. The highest BCUT2D eigenvalue weighted by molar-refractivity contribution is 6.03. The molecule has 30 heavy (non-hydrogen) atoms. The summed E-state index contributed by atoms with van der Waals surface area (Å²) in [5.74, 6) is -1.55. The monoisotopic (exact) mass is 408 g/mol. The maximum absolute atomic E-state index is 14.2. The average molecular weight is 408 g/mol. The molecule has 0 aliphatic heterocycles. The van der Waals surface area contributed by atoms with Crippen LogP contribution in [0.15, 0.2) is 59.4 Å². The number of benzene rings is 2. The Morgan fingerprint density at radius 3 is 2.57 bits per heavy atom. The van der Waals surface area contributed by atoms with Gasteiger partial charge in [0.2, 0.25) is 5.43 Å². The van der Waals surface area contributed by atoms with Gasteiger partial charge in [0.25, 0.3) is 11.8 Å². The molecule has 0 atom stereocenters. The zero-order valence-corrected chi connectivity index (χ0v) is 16.6. The number of aromatic nitrogens is 2. The Labute approximate surface area is 172 Å². The van der Waals surface area contributed by atoms with Crippen molar-refractivity contribution in [3.05, 3.63) is 87.6 Å². The van der Waals surface area contributed by atoms with Gasteiger partial charge in [-0.15, -0.1) is 0 Å². The second kappa shape index (κ2) is 9.13. The van der Waals surface area contributed by atoms with Crippen molar-refractivity contribution in [2.45, 2.75) is 20.3 Å². The SMILES string of the molecule is CCCNC(=O)c1cccc(NC(=O)c2nn(-c3ccccc3F)c(C)cc2=O)c1. The third-order valence-corrected chi connectivity index (χ3v) is 4.32. The van der Waals surface area contributed by atoms with Crippen LogP contribution in [-0.4, -0.2) is 28.1 Å². The van der Waals surface area contributed by atoms with Gasteiger partial charge in [0.15, 0.2) is 5.69 Å². The lowest BCUT2D eigenvalue weighted by Crippen LogP contribution is -2.27. The maximum Gasteiger partial charge on any atom is 0.280 e. The minimum Gasteiger partial charge on any atom is -0.352 e. The van der Waals surface area contributed by atoms with E-state index in [4.69, 9.17) is 0 Å².